The highest BCUT2D eigenvalue weighted by Crippen LogP contribution is 2.34. The van der Waals surface area contributed by atoms with Crippen LogP contribution in [0.15, 0.2) is 23.2 Å². The molecule has 0 bridgehead atoms. The molecule has 30 heavy (non-hydrogen) atoms. The molecule has 0 spiro atoms. The SMILES string of the molecule is O=C(CC1CSC(c2cc3cc(Cl)cc(NC4CCCC4)c3[nH]2)=N1)N1CCC(O)C1. The van der Waals surface area contributed by atoms with Gasteiger partial charge in [-0.25, -0.2) is 0 Å². The van der Waals surface area contributed by atoms with Crippen molar-refractivity contribution in [2.45, 2.75) is 56.7 Å². The van der Waals surface area contributed by atoms with E-state index in [4.69, 9.17) is 16.6 Å². The summed E-state index contributed by atoms with van der Waals surface area (Å²) in [6.45, 7) is 1.10. The summed E-state index contributed by atoms with van der Waals surface area (Å²) in [5.41, 5.74) is 3.10. The summed E-state index contributed by atoms with van der Waals surface area (Å²) in [6.07, 6.45) is 5.67. The number of fused-ring (bicyclic) bond motifs is 1. The number of carbonyl (C=O) groups excluding carboxylic acids is 1. The fourth-order valence-corrected chi connectivity index (χ4v) is 5.95. The fourth-order valence-electron chi connectivity index (χ4n) is 4.69. The molecule has 3 heterocycles. The molecule has 2 atom stereocenters. The van der Waals surface area contributed by atoms with Crippen LogP contribution < -0.4 is 5.32 Å². The highest BCUT2D eigenvalue weighted by Gasteiger charge is 2.29. The molecule has 1 aromatic carbocycles. The van der Waals surface area contributed by atoms with Gasteiger partial charge in [-0.15, -0.1) is 11.8 Å². The minimum atomic E-state index is -0.379. The number of aromatic amines is 1. The molecule has 2 aromatic rings. The molecule has 5 rings (SSSR count). The van der Waals surface area contributed by atoms with Crippen LogP contribution in [0.5, 0.6) is 0 Å². The Morgan fingerprint density at radius 2 is 2.13 bits per heavy atom. The minimum Gasteiger partial charge on any atom is -0.391 e. The number of aliphatic hydroxyl groups excluding tert-OH is 1. The molecule has 1 aromatic heterocycles. The lowest BCUT2D eigenvalue weighted by Gasteiger charge is -2.16. The van der Waals surface area contributed by atoms with E-state index in [9.17, 15) is 9.90 Å². The number of hydrogen-bond acceptors (Lipinski definition) is 5. The second-order valence-corrected chi connectivity index (χ2v) is 10.1. The van der Waals surface area contributed by atoms with Gasteiger partial charge in [-0.1, -0.05) is 24.4 Å². The molecule has 3 N–H and O–H groups in total. The van der Waals surface area contributed by atoms with E-state index in [-0.39, 0.29) is 18.1 Å². The number of β-amino-alcohol motifs (C(OH)–C–C–N with tert-alkyl or cyclic N) is 1. The van der Waals surface area contributed by atoms with Gasteiger partial charge in [-0.2, -0.15) is 0 Å². The van der Waals surface area contributed by atoms with Crippen LogP contribution >= 0.6 is 23.4 Å². The zero-order chi connectivity index (χ0) is 20.7. The number of thioether (sulfide) groups is 1. The van der Waals surface area contributed by atoms with E-state index in [0.717, 1.165) is 38.1 Å². The van der Waals surface area contributed by atoms with Gasteiger partial charge in [0.25, 0.3) is 0 Å². The summed E-state index contributed by atoms with van der Waals surface area (Å²) < 4.78 is 0. The third-order valence-electron chi connectivity index (χ3n) is 6.28. The van der Waals surface area contributed by atoms with Crippen molar-refractivity contribution in [3.05, 3.63) is 28.9 Å². The van der Waals surface area contributed by atoms with Crippen molar-refractivity contribution >= 4 is 50.9 Å². The Bertz CT molecular complexity index is 985. The summed E-state index contributed by atoms with van der Waals surface area (Å²) in [6, 6.07) is 6.58. The first-order valence-electron chi connectivity index (χ1n) is 10.8. The van der Waals surface area contributed by atoms with Gasteiger partial charge in [0.15, 0.2) is 0 Å². The number of benzene rings is 1. The molecular weight excluding hydrogens is 420 g/mol. The molecule has 2 aliphatic heterocycles. The average Bonchev–Trinajstić information content (AvgIpc) is 3.48. The lowest BCUT2D eigenvalue weighted by atomic mass is 10.2. The maximum Gasteiger partial charge on any atom is 0.224 e. The van der Waals surface area contributed by atoms with Crippen LogP contribution in [-0.2, 0) is 4.79 Å². The maximum absolute atomic E-state index is 12.5. The number of anilines is 1. The molecule has 2 fully saturated rings. The first kappa shape index (κ1) is 20.2. The number of hydrogen-bond donors (Lipinski definition) is 3. The van der Waals surface area contributed by atoms with Gasteiger partial charge in [0.2, 0.25) is 5.91 Å². The van der Waals surface area contributed by atoms with E-state index in [0.29, 0.717) is 32.0 Å². The summed E-state index contributed by atoms with van der Waals surface area (Å²) in [5.74, 6) is 0.898. The number of aliphatic imine (C=N–C) groups is 1. The maximum atomic E-state index is 12.5. The third-order valence-corrected chi connectivity index (χ3v) is 7.65. The van der Waals surface area contributed by atoms with Crippen molar-refractivity contribution in [3.63, 3.8) is 0 Å². The molecule has 8 heteroatoms. The van der Waals surface area contributed by atoms with Crippen LogP contribution in [0, 0.1) is 0 Å². The minimum absolute atomic E-state index is 0.0127. The van der Waals surface area contributed by atoms with Crippen LogP contribution in [-0.4, -0.2) is 63.0 Å². The van der Waals surface area contributed by atoms with Gasteiger partial charge in [-0.3, -0.25) is 9.79 Å². The highest BCUT2D eigenvalue weighted by atomic mass is 35.5. The topological polar surface area (TPSA) is 80.7 Å². The number of halogens is 1. The number of aromatic nitrogens is 1. The largest absolute Gasteiger partial charge is 0.391 e. The number of rotatable bonds is 5. The van der Waals surface area contributed by atoms with Crippen molar-refractivity contribution < 1.29 is 9.90 Å². The summed E-state index contributed by atoms with van der Waals surface area (Å²) >= 11 is 8.07. The second-order valence-electron chi connectivity index (χ2n) is 8.61. The standard InChI is InChI=1S/C22H27ClN4O2S/c23-14-7-13-8-19(26-21(13)18(9-14)24-15-3-1-2-4-15)22-25-16(12-30-22)10-20(29)27-6-5-17(28)11-27/h7-9,15-17,24,26,28H,1-6,10-12H2. The normalized spacial score (nSPS) is 24.7. The monoisotopic (exact) mass is 446 g/mol. The smallest absolute Gasteiger partial charge is 0.224 e. The predicted octanol–water partition coefficient (Wildman–Crippen LogP) is 4.02. The Kier molecular flexibility index (Phi) is 5.69. The first-order valence-corrected chi connectivity index (χ1v) is 12.2. The van der Waals surface area contributed by atoms with Crippen molar-refractivity contribution in [1.82, 2.24) is 9.88 Å². The molecule has 3 aliphatic rings. The van der Waals surface area contributed by atoms with E-state index in [2.05, 4.69) is 16.4 Å². The van der Waals surface area contributed by atoms with Crippen molar-refractivity contribution in [2.24, 2.45) is 4.99 Å². The van der Waals surface area contributed by atoms with Crippen LogP contribution in [0.25, 0.3) is 10.9 Å². The summed E-state index contributed by atoms with van der Waals surface area (Å²) in [5, 5.41) is 16.1. The van der Waals surface area contributed by atoms with Crippen molar-refractivity contribution in [2.75, 3.05) is 24.2 Å². The zero-order valence-corrected chi connectivity index (χ0v) is 18.4. The van der Waals surface area contributed by atoms with E-state index < -0.39 is 0 Å². The second kappa shape index (κ2) is 8.44. The molecule has 1 aliphatic carbocycles. The fraction of sp³-hybridized carbons (Fsp3) is 0.545. The van der Waals surface area contributed by atoms with Gasteiger partial charge >= 0.3 is 0 Å². The number of nitrogens with zero attached hydrogens (tertiary/aromatic N) is 2. The Hall–Kier alpha value is -1.70. The molecule has 1 saturated carbocycles. The number of amides is 1. The summed E-state index contributed by atoms with van der Waals surface area (Å²) in [4.78, 5) is 22.6. The van der Waals surface area contributed by atoms with Crippen LogP contribution in [0.3, 0.4) is 0 Å². The summed E-state index contributed by atoms with van der Waals surface area (Å²) in [7, 11) is 0. The highest BCUT2D eigenvalue weighted by molar-refractivity contribution is 8.14. The molecule has 6 nitrogen and oxygen atoms in total. The van der Waals surface area contributed by atoms with Gasteiger partial charge in [0, 0.05) is 35.3 Å². The molecule has 0 radical (unpaired) electrons. The first-order chi connectivity index (χ1) is 14.5. The molecule has 1 amide bonds. The Morgan fingerprint density at radius 3 is 2.90 bits per heavy atom. The van der Waals surface area contributed by atoms with Gasteiger partial charge < -0.3 is 20.3 Å². The Balaban J connectivity index is 1.33. The molecule has 2 unspecified atom stereocenters. The number of aliphatic hydroxyl groups is 1. The number of carbonyl (C=O) groups is 1. The number of likely N-dealkylation sites (tertiary alicyclic amines) is 1. The van der Waals surface area contributed by atoms with Crippen LogP contribution in [0.1, 0.15) is 44.2 Å². The number of H-pyrrole nitrogens is 1. The Labute approximate surface area is 185 Å². The quantitative estimate of drug-likeness (QED) is 0.648. The lowest BCUT2D eigenvalue weighted by Crippen LogP contribution is -2.31. The lowest BCUT2D eigenvalue weighted by molar-refractivity contribution is -0.130. The Morgan fingerprint density at radius 1 is 1.30 bits per heavy atom. The predicted molar refractivity (Wildman–Crippen MR) is 124 cm³/mol. The van der Waals surface area contributed by atoms with Crippen molar-refractivity contribution in [3.8, 4) is 0 Å². The van der Waals surface area contributed by atoms with Gasteiger partial charge in [0.05, 0.1) is 35.5 Å². The average molecular weight is 447 g/mol. The van der Waals surface area contributed by atoms with Crippen molar-refractivity contribution in [1.29, 1.82) is 0 Å². The zero-order valence-electron chi connectivity index (χ0n) is 16.9. The van der Waals surface area contributed by atoms with Crippen LogP contribution in [0.4, 0.5) is 5.69 Å². The molecular formula is C22H27ClN4O2S. The number of nitrogens with one attached hydrogen (secondary N) is 2. The van der Waals surface area contributed by atoms with E-state index in [1.807, 2.05) is 12.1 Å². The third kappa shape index (κ3) is 4.20. The molecule has 1 saturated heterocycles. The van der Waals surface area contributed by atoms with Crippen LogP contribution in [0.2, 0.25) is 5.02 Å². The van der Waals surface area contributed by atoms with E-state index in [1.165, 1.54) is 25.7 Å². The van der Waals surface area contributed by atoms with Gasteiger partial charge in [-0.05, 0) is 37.5 Å². The van der Waals surface area contributed by atoms with E-state index >= 15 is 0 Å². The van der Waals surface area contributed by atoms with Gasteiger partial charge in [0.1, 0.15) is 5.04 Å². The van der Waals surface area contributed by atoms with E-state index in [1.54, 1.807) is 16.7 Å². The molecule has 160 valence electrons.